The summed E-state index contributed by atoms with van der Waals surface area (Å²) in [6.45, 7) is 7.05. The molecule has 24 heavy (non-hydrogen) atoms. The zero-order chi connectivity index (χ0) is 16.8. The molecule has 0 radical (unpaired) electrons. The predicted octanol–water partition coefficient (Wildman–Crippen LogP) is 0.199. The molecule has 2 aliphatic heterocycles. The van der Waals surface area contributed by atoms with Crippen molar-refractivity contribution in [3.8, 4) is 0 Å². The summed E-state index contributed by atoms with van der Waals surface area (Å²) in [5.74, 6) is 1.19. The van der Waals surface area contributed by atoms with Crippen molar-refractivity contribution in [3.05, 3.63) is 18.6 Å². The number of likely N-dealkylation sites (tertiary alicyclic amines) is 1. The Morgan fingerprint density at radius 3 is 2.67 bits per heavy atom. The van der Waals surface area contributed by atoms with E-state index in [1.54, 1.807) is 12.5 Å². The van der Waals surface area contributed by atoms with Crippen molar-refractivity contribution < 1.29 is 4.79 Å². The van der Waals surface area contributed by atoms with E-state index in [0.717, 1.165) is 51.6 Å². The Morgan fingerprint density at radius 1 is 1.21 bits per heavy atom. The van der Waals surface area contributed by atoms with Crippen LogP contribution in [0.3, 0.4) is 0 Å². The molecule has 0 atom stereocenters. The lowest BCUT2D eigenvalue weighted by Gasteiger charge is -2.37. The molecule has 2 saturated heterocycles. The van der Waals surface area contributed by atoms with Gasteiger partial charge in [-0.05, 0) is 18.9 Å². The van der Waals surface area contributed by atoms with E-state index in [4.69, 9.17) is 0 Å². The van der Waals surface area contributed by atoms with Crippen LogP contribution in [0.1, 0.15) is 19.3 Å². The van der Waals surface area contributed by atoms with Crippen molar-refractivity contribution >= 4 is 11.7 Å². The van der Waals surface area contributed by atoms with Crippen LogP contribution < -0.4 is 10.2 Å². The number of hydrogen-bond donors (Lipinski definition) is 1. The molecule has 2 aliphatic rings. The Morgan fingerprint density at radius 2 is 1.96 bits per heavy atom. The third-order valence-electron chi connectivity index (χ3n) is 5.17. The molecule has 0 spiro atoms. The van der Waals surface area contributed by atoms with E-state index in [2.05, 4.69) is 37.0 Å². The summed E-state index contributed by atoms with van der Waals surface area (Å²) in [6.07, 6.45) is 6.38. The van der Waals surface area contributed by atoms with Crippen molar-refractivity contribution in [1.29, 1.82) is 0 Å². The van der Waals surface area contributed by atoms with E-state index < -0.39 is 0 Å². The van der Waals surface area contributed by atoms with Crippen LogP contribution in [0, 0.1) is 0 Å². The molecule has 7 heteroatoms. The third-order valence-corrected chi connectivity index (χ3v) is 5.17. The molecule has 0 aliphatic carbocycles. The van der Waals surface area contributed by atoms with Crippen LogP contribution in [0.2, 0.25) is 0 Å². The average molecular weight is 332 g/mol. The lowest BCUT2D eigenvalue weighted by Crippen LogP contribution is -2.46. The van der Waals surface area contributed by atoms with Crippen LogP contribution in [0.4, 0.5) is 5.82 Å². The molecule has 0 saturated carbocycles. The van der Waals surface area contributed by atoms with E-state index in [0.29, 0.717) is 12.5 Å². The third kappa shape index (κ3) is 4.64. The number of nitrogens with one attached hydrogen (secondary N) is 1. The van der Waals surface area contributed by atoms with Gasteiger partial charge in [0.2, 0.25) is 5.91 Å². The van der Waals surface area contributed by atoms with E-state index in [-0.39, 0.29) is 5.91 Å². The van der Waals surface area contributed by atoms with Crippen LogP contribution in [-0.2, 0) is 4.79 Å². The maximum absolute atomic E-state index is 11.4. The summed E-state index contributed by atoms with van der Waals surface area (Å²) in [6, 6.07) is 2.53. The maximum atomic E-state index is 11.4. The molecule has 0 bridgehead atoms. The SMILES string of the molecule is CN(c1ccncn1)C1CCN(CCN2CCNC(=O)CC2)CC1. The fourth-order valence-electron chi connectivity index (χ4n) is 3.53. The Kier molecular flexibility index (Phi) is 5.98. The van der Waals surface area contributed by atoms with Gasteiger partial charge in [0.05, 0.1) is 0 Å². The van der Waals surface area contributed by atoms with Gasteiger partial charge in [-0.3, -0.25) is 9.69 Å². The molecule has 7 nitrogen and oxygen atoms in total. The number of piperidine rings is 1. The number of anilines is 1. The van der Waals surface area contributed by atoms with E-state index in [9.17, 15) is 4.79 Å². The largest absolute Gasteiger partial charge is 0.356 e. The van der Waals surface area contributed by atoms with Gasteiger partial charge >= 0.3 is 0 Å². The van der Waals surface area contributed by atoms with Gasteiger partial charge in [0.15, 0.2) is 0 Å². The molecular formula is C17H28N6O. The van der Waals surface area contributed by atoms with Crippen LogP contribution in [0.15, 0.2) is 18.6 Å². The van der Waals surface area contributed by atoms with Gasteiger partial charge in [-0.15, -0.1) is 0 Å². The topological polar surface area (TPSA) is 64.6 Å². The molecule has 1 amide bonds. The molecule has 132 valence electrons. The lowest BCUT2D eigenvalue weighted by atomic mass is 10.0. The molecule has 2 fully saturated rings. The molecule has 3 heterocycles. The van der Waals surface area contributed by atoms with Crippen molar-refractivity contribution in [2.24, 2.45) is 0 Å². The van der Waals surface area contributed by atoms with Crippen LogP contribution >= 0.6 is 0 Å². The van der Waals surface area contributed by atoms with Crippen LogP contribution in [-0.4, -0.2) is 84.6 Å². The summed E-state index contributed by atoms with van der Waals surface area (Å²) in [5.41, 5.74) is 0. The first kappa shape index (κ1) is 17.1. The number of hydrogen-bond acceptors (Lipinski definition) is 6. The highest BCUT2D eigenvalue weighted by Crippen LogP contribution is 2.19. The van der Waals surface area contributed by atoms with Crippen LogP contribution in [0.25, 0.3) is 0 Å². The Hall–Kier alpha value is -1.73. The highest BCUT2D eigenvalue weighted by Gasteiger charge is 2.23. The van der Waals surface area contributed by atoms with Crippen molar-refractivity contribution in [2.75, 3.05) is 57.8 Å². The van der Waals surface area contributed by atoms with Crippen molar-refractivity contribution in [2.45, 2.75) is 25.3 Å². The molecule has 0 unspecified atom stereocenters. The molecule has 1 aromatic rings. The predicted molar refractivity (Wildman–Crippen MR) is 94.0 cm³/mol. The standard InChI is InChI=1S/C17H28N6O/c1-21(16-2-6-18-14-20-16)15-3-8-22(9-4-15)12-13-23-10-5-17(24)19-7-11-23/h2,6,14-15H,3-5,7-13H2,1H3,(H,19,24). The number of nitrogens with zero attached hydrogens (tertiary/aromatic N) is 5. The van der Waals surface area contributed by atoms with E-state index >= 15 is 0 Å². The fourth-order valence-corrected chi connectivity index (χ4v) is 3.53. The molecule has 1 aromatic heterocycles. The monoisotopic (exact) mass is 332 g/mol. The van der Waals surface area contributed by atoms with Crippen molar-refractivity contribution in [1.82, 2.24) is 25.1 Å². The van der Waals surface area contributed by atoms with Gasteiger partial charge in [-0.1, -0.05) is 0 Å². The minimum Gasteiger partial charge on any atom is -0.356 e. The van der Waals surface area contributed by atoms with Gasteiger partial charge in [0.25, 0.3) is 0 Å². The summed E-state index contributed by atoms with van der Waals surface area (Å²) in [4.78, 5) is 27.0. The number of carbonyl (C=O) groups excluding carboxylic acids is 1. The van der Waals surface area contributed by atoms with Crippen molar-refractivity contribution in [3.63, 3.8) is 0 Å². The Balaban J connectivity index is 1.40. The summed E-state index contributed by atoms with van der Waals surface area (Å²) in [7, 11) is 2.13. The molecule has 3 rings (SSSR count). The second kappa shape index (κ2) is 8.39. The molecule has 0 aromatic carbocycles. The number of amides is 1. The molecular weight excluding hydrogens is 304 g/mol. The zero-order valence-electron chi connectivity index (χ0n) is 14.5. The highest BCUT2D eigenvalue weighted by molar-refractivity contribution is 5.76. The number of aromatic nitrogens is 2. The fraction of sp³-hybridized carbons (Fsp3) is 0.706. The average Bonchev–Trinajstić information content (AvgIpc) is 2.85. The normalized spacial score (nSPS) is 21.3. The number of carbonyl (C=O) groups is 1. The van der Waals surface area contributed by atoms with Gasteiger partial charge in [0, 0.05) is 71.5 Å². The minimum atomic E-state index is 0.186. The van der Waals surface area contributed by atoms with E-state index in [1.165, 1.54) is 12.8 Å². The minimum absolute atomic E-state index is 0.186. The smallest absolute Gasteiger partial charge is 0.221 e. The number of rotatable bonds is 5. The Bertz CT molecular complexity index is 517. The second-order valence-electron chi connectivity index (χ2n) is 6.69. The zero-order valence-corrected chi connectivity index (χ0v) is 14.5. The first-order valence-corrected chi connectivity index (χ1v) is 8.92. The van der Waals surface area contributed by atoms with Gasteiger partial charge < -0.3 is 15.1 Å². The maximum Gasteiger partial charge on any atom is 0.221 e. The van der Waals surface area contributed by atoms with E-state index in [1.807, 2.05) is 6.07 Å². The second-order valence-corrected chi connectivity index (χ2v) is 6.69. The van der Waals surface area contributed by atoms with Gasteiger partial charge in [0.1, 0.15) is 12.1 Å². The van der Waals surface area contributed by atoms with Gasteiger partial charge in [-0.25, -0.2) is 9.97 Å². The summed E-state index contributed by atoms with van der Waals surface area (Å²) < 4.78 is 0. The highest BCUT2D eigenvalue weighted by atomic mass is 16.1. The lowest BCUT2D eigenvalue weighted by molar-refractivity contribution is -0.120. The Labute approximate surface area is 144 Å². The van der Waals surface area contributed by atoms with Gasteiger partial charge in [-0.2, -0.15) is 0 Å². The first-order chi connectivity index (χ1) is 11.7. The van der Waals surface area contributed by atoms with Crippen LogP contribution in [0.5, 0.6) is 0 Å². The first-order valence-electron chi connectivity index (χ1n) is 8.92. The summed E-state index contributed by atoms with van der Waals surface area (Å²) >= 11 is 0. The quantitative estimate of drug-likeness (QED) is 0.831. The molecule has 1 N–H and O–H groups in total. The summed E-state index contributed by atoms with van der Waals surface area (Å²) in [5, 5.41) is 2.94.